The van der Waals surface area contributed by atoms with E-state index >= 15 is 0 Å². The molecule has 29 heavy (non-hydrogen) atoms. The third kappa shape index (κ3) is 3.89. The Bertz CT molecular complexity index is 1030. The number of nitrogens with zero attached hydrogens (tertiary/aromatic N) is 1. The quantitative estimate of drug-likeness (QED) is 0.524. The van der Waals surface area contributed by atoms with Gasteiger partial charge in [0.1, 0.15) is 5.75 Å². The summed E-state index contributed by atoms with van der Waals surface area (Å²) in [7, 11) is 0. The summed E-state index contributed by atoms with van der Waals surface area (Å²) in [4.78, 5) is 12.0. The first kappa shape index (κ1) is 19.6. The normalized spacial score (nSPS) is 16.5. The Morgan fingerprint density at radius 3 is 2.79 bits per heavy atom. The molecule has 0 fully saturated rings. The van der Waals surface area contributed by atoms with Gasteiger partial charge in [-0.05, 0) is 60.9 Å². The molecule has 0 amide bonds. The molecule has 0 spiro atoms. The number of aryl methyl sites for hydroxylation is 1. The molecule has 3 aromatic rings. The van der Waals surface area contributed by atoms with Gasteiger partial charge in [-0.15, -0.1) is 0 Å². The third-order valence-corrected chi connectivity index (χ3v) is 6.27. The molecule has 2 aromatic carbocycles. The second-order valence-electron chi connectivity index (χ2n) is 8.29. The van der Waals surface area contributed by atoms with Crippen molar-refractivity contribution in [2.45, 2.75) is 58.4 Å². The maximum atomic E-state index is 12.0. The number of aromatic carboxylic acids is 1. The lowest BCUT2D eigenvalue weighted by Crippen LogP contribution is -2.12. The minimum absolute atomic E-state index is 0.240. The fraction of sp³-hybridized carbons (Fsp3) is 0.400. The minimum atomic E-state index is -0.886. The van der Waals surface area contributed by atoms with Gasteiger partial charge >= 0.3 is 5.97 Å². The predicted molar refractivity (Wildman–Crippen MR) is 116 cm³/mol. The smallest absolute Gasteiger partial charge is 0.337 e. The summed E-state index contributed by atoms with van der Waals surface area (Å²) in [6, 6.07) is 12.9. The number of aromatic hydroxyl groups is 1. The van der Waals surface area contributed by atoms with E-state index in [1.165, 1.54) is 36.9 Å². The van der Waals surface area contributed by atoms with Crippen molar-refractivity contribution in [1.29, 1.82) is 0 Å². The number of fused-ring (bicyclic) bond motifs is 3. The first-order chi connectivity index (χ1) is 14.1. The monoisotopic (exact) mass is 391 g/mol. The van der Waals surface area contributed by atoms with Gasteiger partial charge in [-0.2, -0.15) is 0 Å². The molecule has 0 aliphatic heterocycles. The lowest BCUT2D eigenvalue weighted by molar-refractivity contribution is 0.0698. The second-order valence-corrected chi connectivity index (χ2v) is 8.29. The van der Waals surface area contributed by atoms with E-state index in [9.17, 15) is 15.0 Å². The lowest BCUT2D eigenvalue weighted by atomic mass is 9.94. The van der Waals surface area contributed by atoms with Gasteiger partial charge in [0.05, 0.1) is 11.1 Å². The van der Waals surface area contributed by atoms with E-state index in [1.807, 2.05) is 18.2 Å². The molecule has 0 saturated carbocycles. The van der Waals surface area contributed by atoms with Gasteiger partial charge in [-0.3, -0.25) is 0 Å². The SMILES string of the molecule is CCCCC1CCCc2c(n(Cc3cccc(O)c3)c3c(C(=O)O)cccc23)C1. The van der Waals surface area contributed by atoms with Crippen LogP contribution in [0.5, 0.6) is 5.75 Å². The van der Waals surface area contributed by atoms with Crippen molar-refractivity contribution in [3.63, 3.8) is 0 Å². The van der Waals surface area contributed by atoms with Gasteiger partial charge in [0.25, 0.3) is 0 Å². The number of aromatic nitrogens is 1. The number of carboxylic acids is 1. The Hall–Kier alpha value is -2.75. The third-order valence-electron chi connectivity index (χ3n) is 6.27. The Morgan fingerprint density at radius 2 is 2.03 bits per heavy atom. The first-order valence-corrected chi connectivity index (χ1v) is 10.7. The van der Waals surface area contributed by atoms with Crippen molar-refractivity contribution in [3.05, 3.63) is 64.8 Å². The predicted octanol–water partition coefficient (Wildman–Crippen LogP) is 5.78. The van der Waals surface area contributed by atoms with Crippen molar-refractivity contribution < 1.29 is 15.0 Å². The largest absolute Gasteiger partial charge is 0.508 e. The summed E-state index contributed by atoms with van der Waals surface area (Å²) in [6.07, 6.45) is 8.08. The number of para-hydroxylation sites is 1. The molecule has 1 aromatic heterocycles. The van der Waals surface area contributed by atoms with Crippen LogP contribution in [0.3, 0.4) is 0 Å². The summed E-state index contributed by atoms with van der Waals surface area (Å²) in [5, 5.41) is 20.8. The molecule has 4 heteroatoms. The van der Waals surface area contributed by atoms with Crippen molar-refractivity contribution in [2.24, 2.45) is 5.92 Å². The Labute approximate surface area is 171 Å². The Balaban J connectivity index is 1.88. The zero-order chi connectivity index (χ0) is 20.4. The molecule has 1 unspecified atom stereocenters. The highest BCUT2D eigenvalue weighted by molar-refractivity contribution is 6.04. The van der Waals surface area contributed by atoms with Crippen molar-refractivity contribution in [1.82, 2.24) is 4.57 Å². The van der Waals surface area contributed by atoms with E-state index < -0.39 is 5.97 Å². The average molecular weight is 392 g/mol. The molecular weight excluding hydrogens is 362 g/mol. The number of hydrogen-bond donors (Lipinski definition) is 2. The van der Waals surface area contributed by atoms with Gasteiger partial charge in [-0.25, -0.2) is 4.79 Å². The van der Waals surface area contributed by atoms with E-state index in [0.29, 0.717) is 18.0 Å². The first-order valence-electron chi connectivity index (χ1n) is 10.7. The molecule has 2 N–H and O–H groups in total. The number of carboxylic acid groups (broad SMARTS) is 1. The minimum Gasteiger partial charge on any atom is -0.508 e. The van der Waals surface area contributed by atoms with Gasteiger partial charge in [0.15, 0.2) is 0 Å². The van der Waals surface area contributed by atoms with Gasteiger partial charge in [0, 0.05) is 17.6 Å². The topological polar surface area (TPSA) is 62.5 Å². The number of carbonyl (C=O) groups is 1. The second kappa shape index (κ2) is 8.32. The van der Waals surface area contributed by atoms with Gasteiger partial charge < -0.3 is 14.8 Å². The molecular formula is C25H29NO3. The Kier molecular flexibility index (Phi) is 5.61. The standard InChI is InChI=1S/C25H29NO3/c1-2-3-7-17-8-5-11-20-21-12-6-13-22(25(28)29)24(21)26(23(20)15-17)16-18-9-4-10-19(27)14-18/h4,6,9-10,12-14,17,27H,2-3,5,7-8,11,15-16H2,1H3,(H,28,29). The van der Waals surface area contributed by atoms with Gasteiger partial charge in [0.2, 0.25) is 0 Å². The molecule has 152 valence electrons. The molecule has 0 bridgehead atoms. The van der Waals surface area contributed by atoms with Crippen LogP contribution in [0, 0.1) is 5.92 Å². The molecule has 4 nitrogen and oxygen atoms in total. The molecule has 4 rings (SSSR count). The molecule has 0 radical (unpaired) electrons. The van der Waals surface area contributed by atoms with E-state index in [4.69, 9.17) is 0 Å². The van der Waals surface area contributed by atoms with Crippen LogP contribution < -0.4 is 0 Å². The lowest BCUT2D eigenvalue weighted by Gasteiger charge is -2.17. The zero-order valence-electron chi connectivity index (χ0n) is 17.0. The maximum absolute atomic E-state index is 12.0. The highest BCUT2D eigenvalue weighted by atomic mass is 16.4. The summed E-state index contributed by atoms with van der Waals surface area (Å²) >= 11 is 0. The summed E-state index contributed by atoms with van der Waals surface area (Å²) in [6.45, 7) is 2.81. The van der Waals surface area contributed by atoms with E-state index in [2.05, 4.69) is 17.6 Å². The van der Waals surface area contributed by atoms with Crippen LogP contribution >= 0.6 is 0 Å². The number of rotatable bonds is 6. The average Bonchev–Trinajstić information content (AvgIpc) is 2.86. The van der Waals surface area contributed by atoms with Crippen molar-refractivity contribution in [3.8, 4) is 5.75 Å². The molecule has 1 heterocycles. The zero-order valence-corrected chi connectivity index (χ0v) is 17.0. The summed E-state index contributed by atoms with van der Waals surface area (Å²) < 4.78 is 2.22. The number of phenols is 1. The number of phenolic OH excluding ortho intramolecular Hbond substituents is 1. The van der Waals surface area contributed by atoms with E-state index in [-0.39, 0.29) is 5.75 Å². The van der Waals surface area contributed by atoms with Gasteiger partial charge in [-0.1, -0.05) is 50.5 Å². The highest BCUT2D eigenvalue weighted by Crippen LogP contribution is 2.37. The van der Waals surface area contributed by atoms with Crippen molar-refractivity contribution in [2.75, 3.05) is 0 Å². The highest BCUT2D eigenvalue weighted by Gasteiger charge is 2.26. The van der Waals surface area contributed by atoms with E-state index in [0.717, 1.165) is 35.7 Å². The van der Waals surface area contributed by atoms with Crippen LogP contribution in [-0.4, -0.2) is 20.7 Å². The van der Waals surface area contributed by atoms with Crippen LogP contribution in [0.4, 0.5) is 0 Å². The number of hydrogen-bond acceptors (Lipinski definition) is 2. The molecule has 1 aliphatic carbocycles. The van der Waals surface area contributed by atoms with Crippen LogP contribution in [0.1, 0.15) is 66.2 Å². The number of unbranched alkanes of at least 4 members (excludes halogenated alkanes) is 1. The summed E-state index contributed by atoms with van der Waals surface area (Å²) in [5.41, 5.74) is 4.78. The fourth-order valence-electron chi connectivity index (χ4n) is 4.91. The van der Waals surface area contributed by atoms with Crippen LogP contribution in [0.2, 0.25) is 0 Å². The van der Waals surface area contributed by atoms with Crippen LogP contribution in [0.25, 0.3) is 10.9 Å². The maximum Gasteiger partial charge on any atom is 0.337 e. The van der Waals surface area contributed by atoms with E-state index in [1.54, 1.807) is 18.2 Å². The van der Waals surface area contributed by atoms with Crippen molar-refractivity contribution >= 4 is 16.9 Å². The van der Waals surface area contributed by atoms with Crippen LogP contribution in [-0.2, 0) is 19.4 Å². The molecule has 1 atom stereocenters. The summed E-state index contributed by atoms with van der Waals surface area (Å²) in [5.74, 6) is 0.00370. The molecule has 1 aliphatic rings. The fourth-order valence-corrected chi connectivity index (χ4v) is 4.91. The Morgan fingerprint density at radius 1 is 1.21 bits per heavy atom. The molecule has 0 saturated heterocycles. The number of benzene rings is 2. The van der Waals surface area contributed by atoms with Crippen LogP contribution in [0.15, 0.2) is 42.5 Å².